The molecule has 1 amide bonds. The van der Waals surface area contributed by atoms with Crippen molar-refractivity contribution in [3.05, 3.63) is 95.6 Å². The Morgan fingerprint density at radius 1 is 0.867 bits per heavy atom. The molecule has 2 aliphatic rings. The first kappa shape index (κ1) is 18.9. The number of carbonyl (C=O) groups excluding carboxylic acids is 1. The van der Waals surface area contributed by atoms with Gasteiger partial charge in [-0.2, -0.15) is 0 Å². The number of para-hydroxylation sites is 2. The van der Waals surface area contributed by atoms with E-state index >= 15 is 0 Å². The fraction of sp³-hybridized carbons (Fsp3) is 0.240. The van der Waals surface area contributed by atoms with Crippen molar-refractivity contribution in [3.63, 3.8) is 0 Å². The fourth-order valence-corrected chi connectivity index (χ4v) is 4.04. The summed E-state index contributed by atoms with van der Waals surface area (Å²) in [5.74, 6) is -0.742. The molecule has 2 aliphatic heterocycles. The second kappa shape index (κ2) is 7.94. The lowest BCUT2D eigenvalue weighted by atomic mass is 10.1. The number of anilines is 1. The molecular formula is C25H23NO4. The van der Waals surface area contributed by atoms with Crippen molar-refractivity contribution in [2.75, 3.05) is 18.1 Å². The Bertz CT molecular complexity index is 1040. The lowest BCUT2D eigenvalue weighted by Gasteiger charge is -2.32. The number of nitrogens with zero attached hydrogens (tertiary/aromatic N) is 1. The molecule has 0 N–H and O–H groups in total. The van der Waals surface area contributed by atoms with Crippen LogP contribution in [0.1, 0.15) is 23.1 Å². The Hall–Kier alpha value is -3.15. The summed E-state index contributed by atoms with van der Waals surface area (Å²) in [6, 6.07) is 25.6. The van der Waals surface area contributed by atoms with Crippen molar-refractivity contribution in [3.8, 4) is 5.75 Å². The van der Waals surface area contributed by atoms with Crippen LogP contribution in [0.15, 0.2) is 78.9 Å². The number of benzene rings is 3. The average molecular weight is 401 g/mol. The van der Waals surface area contributed by atoms with Gasteiger partial charge in [0, 0.05) is 11.1 Å². The van der Waals surface area contributed by atoms with Gasteiger partial charge in [-0.3, -0.25) is 4.79 Å². The van der Waals surface area contributed by atoms with Crippen molar-refractivity contribution in [1.29, 1.82) is 0 Å². The van der Waals surface area contributed by atoms with Gasteiger partial charge in [0.2, 0.25) is 0 Å². The van der Waals surface area contributed by atoms with Gasteiger partial charge in [0.05, 0.1) is 25.4 Å². The van der Waals surface area contributed by atoms with E-state index in [2.05, 4.69) is 0 Å². The molecular weight excluding hydrogens is 378 g/mol. The van der Waals surface area contributed by atoms with E-state index in [4.69, 9.17) is 14.2 Å². The third-order valence-electron chi connectivity index (χ3n) is 5.51. The summed E-state index contributed by atoms with van der Waals surface area (Å²) < 4.78 is 17.9. The standard InChI is InChI=1S/C25H23NO4/c27-24-25(29-15-8-16-30-25)21-12-5-6-13-22(21)26(24)17-20-11-4-7-14-23(20)28-18-19-9-2-1-3-10-19/h1-7,9-14H,8,15-18H2. The van der Waals surface area contributed by atoms with Crippen LogP contribution in [0.4, 0.5) is 5.69 Å². The maximum Gasteiger partial charge on any atom is 0.292 e. The van der Waals surface area contributed by atoms with Crippen LogP contribution in [-0.4, -0.2) is 19.1 Å². The van der Waals surface area contributed by atoms with Gasteiger partial charge >= 0.3 is 0 Å². The van der Waals surface area contributed by atoms with Gasteiger partial charge in [-0.15, -0.1) is 0 Å². The summed E-state index contributed by atoms with van der Waals surface area (Å²) >= 11 is 0. The Labute approximate surface area is 175 Å². The van der Waals surface area contributed by atoms with Gasteiger partial charge in [0.15, 0.2) is 0 Å². The molecule has 1 spiro atoms. The smallest absolute Gasteiger partial charge is 0.292 e. The molecule has 1 fully saturated rings. The SMILES string of the molecule is O=C1N(Cc2ccccc2OCc2ccccc2)c2ccccc2C12OCCCO2. The molecule has 0 aromatic heterocycles. The molecule has 30 heavy (non-hydrogen) atoms. The molecule has 0 bridgehead atoms. The molecule has 5 heteroatoms. The minimum Gasteiger partial charge on any atom is -0.489 e. The molecule has 0 aliphatic carbocycles. The highest BCUT2D eigenvalue weighted by atomic mass is 16.7. The van der Waals surface area contributed by atoms with E-state index in [1.165, 1.54) is 0 Å². The van der Waals surface area contributed by atoms with Crippen molar-refractivity contribution in [2.24, 2.45) is 0 Å². The summed E-state index contributed by atoms with van der Waals surface area (Å²) in [6.45, 7) is 1.86. The first-order valence-electron chi connectivity index (χ1n) is 10.2. The maximum atomic E-state index is 13.5. The van der Waals surface area contributed by atoms with Crippen LogP contribution in [0.5, 0.6) is 5.75 Å². The number of ether oxygens (including phenoxy) is 3. The summed E-state index contributed by atoms with van der Waals surface area (Å²) in [4.78, 5) is 15.2. The molecule has 2 heterocycles. The van der Waals surface area contributed by atoms with E-state index in [1.807, 2.05) is 78.9 Å². The van der Waals surface area contributed by atoms with E-state index in [-0.39, 0.29) is 5.91 Å². The molecule has 0 atom stereocenters. The van der Waals surface area contributed by atoms with Crippen molar-refractivity contribution >= 4 is 11.6 Å². The third kappa shape index (κ3) is 3.26. The van der Waals surface area contributed by atoms with Crippen LogP contribution in [0.2, 0.25) is 0 Å². The fourth-order valence-electron chi connectivity index (χ4n) is 4.04. The van der Waals surface area contributed by atoms with E-state index in [1.54, 1.807) is 4.90 Å². The summed E-state index contributed by atoms with van der Waals surface area (Å²) in [7, 11) is 0. The van der Waals surface area contributed by atoms with E-state index in [0.29, 0.717) is 26.4 Å². The quantitative estimate of drug-likeness (QED) is 0.636. The van der Waals surface area contributed by atoms with Crippen LogP contribution in [-0.2, 0) is 33.2 Å². The van der Waals surface area contributed by atoms with Gasteiger partial charge in [0.25, 0.3) is 11.7 Å². The molecule has 1 saturated heterocycles. The van der Waals surface area contributed by atoms with Crippen molar-refractivity contribution < 1.29 is 19.0 Å². The van der Waals surface area contributed by atoms with Crippen LogP contribution in [0.25, 0.3) is 0 Å². The Morgan fingerprint density at radius 3 is 2.40 bits per heavy atom. The number of hydrogen-bond donors (Lipinski definition) is 0. The lowest BCUT2D eigenvalue weighted by molar-refractivity contribution is -0.256. The normalized spacial score (nSPS) is 17.2. The molecule has 5 rings (SSSR count). The number of rotatable bonds is 5. The zero-order valence-electron chi connectivity index (χ0n) is 16.6. The highest BCUT2D eigenvalue weighted by Gasteiger charge is 2.54. The van der Waals surface area contributed by atoms with Crippen LogP contribution >= 0.6 is 0 Å². The number of amides is 1. The molecule has 3 aromatic carbocycles. The highest BCUT2D eigenvalue weighted by molar-refractivity contribution is 6.06. The number of fused-ring (bicyclic) bond motifs is 2. The zero-order valence-corrected chi connectivity index (χ0v) is 16.6. The zero-order chi connectivity index (χ0) is 20.4. The van der Waals surface area contributed by atoms with Gasteiger partial charge in [-0.05, 0) is 24.1 Å². The highest BCUT2D eigenvalue weighted by Crippen LogP contribution is 2.46. The molecule has 0 radical (unpaired) electrons. The van der Waals surface area contributed by atoms with Crippen LogP contribution in [0.3, 0.4) is 0 Å². The molecule has 5 nitrogen and oxygen atoms in total. The maximum absolute atomic E-state index is 13.5. The largest absolute Gasteiger partial charge is 0.489 e. The Balaban J connectivity index is 1.43. The van der Waals surface area contributed by atoms with Gasteiger partial charge < -0.3 is 19.1 Å². The monoisotopic (exact) mass is 401 g/mol. The van der Waals surface area contributed by atoms with Gasteiger partial charge in [-0.25, -0.2) is 0 Å². The number of hydrogen-bond acceptors (Lipinski definition) is 4. The third-order valence-corrected chi connectivity index (χ3v) is 5.51. The second-order valence-electron chi connectivity index (χ2n) is 7.46. The number of carbonyl (C=O) groups is 1. The average Bonchev–Trinajstić information content (AvgIpc) is 3.02. The minimum absolute atomic E-state index is 0.179. The van der Waals surface area contributed by atoms with E-state index in [9.17, 15) is 4.79 Å². The summed E-state index contributed by atoms with van der Waals surface area (Å²) in [6.07, 6.45) is 0.785. The molecule has 0 saturated carbocycles. The van der Waals surface area contributed by atoms with Gasteiger partial charge in [-0.1, -0.05) is 66.7 Å². The summed E-state index contributed by atoms with van der Waals surface area (Å²) in [5, 5.41) is 0. The predicted octanol–water partition coefficient (Wildman–Crippen LogP) is 4.40. The Kier molecular flexibility index (Phi) is 4.99. The minimum atomic E-state index is -1.32. The molecule has 0 unspecified atom stereocenters. The van der Waals surface area contributed by atoms with Crippen LogP contribution < -0.4 is 9.64 Å². The predicted molar refractivity (Wildman–Crippen MR) is 113 cm³/mol. The summed E-state index contributed by atoms with van der Waals surface area (Å²) in [5.41, 5.74) is 3.63. The topological polar surface area (TPSA) is 48.0 Å². The first-order valence-corrected chi connectivity index (χ1v) is 10.2. The van der Waals surface area contributed by atoms with Crippen molar-refractivity contribution in [1.82, 2.24) is 0 Å². The second-order valence-corrected chi connectivity index (χ2v) is 7.46. The van der Waals surface area contributed by atoms with Crippen molar-refractivity contribution in [2.45, 2.75) is 25.4 Å². The van der Waals surface area contributed by atoms with E-state index in [0.717, 1.165) is 34.5 Å². The molecule has 152 valence electrons. The molecule has 3 aromatic rings. The first-order chi connectivity index (χ1) is 14.8. The van der Waals surface area contributed by atoms with Gasteiger partial charge in [0.1, 0.15) is 12.4 Å². The Morgan fingerprint density at radius 2 is 1.57 bits per heavy atom. The van der Waals surface area contributed by atoms with Crippen LogP contribution in [0, 0.1) is 0 Å². The van der Waals surface area contributed by atoms with E-state index < -0.39 is 5.79 Å². The lowest BCUT2D eigenvalue weighted by Crippen LogP contribution is -2.47.